The third kappa shape index (κ3) is 6.16. The summed E-state index contributed by atoms with van der Waals surface area (Å²) in [5.41, 5.74) is 0. The van der Waals surface area contributed by atoms with Gasteiger partial charge in [0.1, 0.15) is 0 Å². The largest absolute Gasteiger partial charge is 0.463 e. The highest BCUT2D eigenvalue weighted by molar-refractivity contribution is 5.69. The Balaban J connectivity index is 2.21. The van der Waals surface area contributed by atoms with Crippen molar-refractivity contribution in [3.05, 3.63) is 12.2 Å². The highest BCUT2D eigenvalue weighted by Gasteiger charge is 2.40. The van der Waals surface area contributed by atoms with Gasteiger partial charge in [-0.25, -0.2) is 0 Å². The van der Waals surface area contributed by atoms with Crippen molar-refractivity contribution in [2.24, 2.45) is 11.8 Å². The zero-order valence-corrected chi connectivity index (χ0v) is 12.9. The molecule has 0 aromatic heterocycles. The quantitative estimate of drug-likeness (QED) is 0.358. The van der Waals surface area contributed by atoms with Gasteiger partial charge in [-0.3, -0.25) is 4.79 Å². The Hall–Kier alpha value is -0.910. The number of hydrogen-bond acceptors (Lipinski definition) is 5. The van der Waals surface area contributed by atoms with Gasteiger partial charge in [0, 0.05) is 18.9 Å². The Kier molecular flexibility index (Phi) is 7.93. The van der Waals surface area contributed by atoms with Gasteiger partial charge in [-0.2, -0.15) is 0 Å². The lowest BCUT2D eigenvalue weighted by molar-refractivity contribution is -0.147. The topological polar surface area (TPSA) is 87.0 Å². The number of ether oxygens (including phenoxy) is 1. The van der Waals surface area contributed by atoms with E-state index in [2.05, 4.69) is 0 Å². The Morgan fingerprint density at radius 2 is 1.90 bits per heavy atom. The normalized spacial score (nSPS) is 29.4. The number of unbranched alkanes of at least 4 members (excludes halogenated alkanes) is 1. The molecule has 0 heterocycles. The number of esters is 1. The number of aliphatic hydroxyl groups is 3. The van der Waals surface area contributed by atoms with E-state index in [-0.39, 0.29) is 30.5 Å². The molecule has 0 aromatic carbocycles. The molecule has 0 radical (unpaired) electrons. The van der Waals surface area contributed by atoms with Crippen LogP contribution in [0.5, 0.6) is 0 Å². The standard InChI is InChI=1S/C16H28O5/c1-11(2)21-16(20)8-6-4-3-5-7-12-13(10-17)15(19)9-14(12)18/h3,5,11-15,17-19H,4,6-10H2,1-2H3/b5-3-/t12-,13-,14+,15-/m1/s1. The minimum Gasteiger partial charge on any atom is -0.463 e. The first-order valence-corrected chi connectivity index (χ1v) is 7.77. The summed E-state index contributed by atoms with van der Waals surface area (Å²) in [6.45, 7) is 3.56. The molecule has 0 bridgehead atoms. The van der Waals surface area contributed by atoms with Gasteiger partial charge in [-0.15, -0.1) is 0 Å². The summed E-state index contributed by atoms with van der Waals surface area (Å²) in [6.07, 6.45) is 5.60. The van der Waals surface area contributed by atoms with E-state index in [1.54, 1.807) is 0 Å². The molecule has 0 saturated heterocycles. The number of rotatable bonds is 8. The second kappa shape index (κ2) is 9.18. The number of carbonyl (C=O) groups excluding carboxylic acids is 1. The molecule has 0 unspecified atom stereocenters. The van der Waals surface area contributed by atoms with Crippen molar-refractivity contribution < 1.29 is 24.9 Å². The molecule has 1 aliphatic rings. The van der Waals surface area contributed by atoms with Crippen molar-refractivity contribution in [1.29, 1.82) is 0 Å². The van der Waals surface area contributed by atoms with Crippen LogP contribution in [0, 0.1) is 11.8 Å². The van der Waals surface area contributed by atoms with Crippen LogP contribution in [0.2, 0.25) is 0 Å². The van der Waals surface area contributed by atoms with E-state index in [0.717, 1.165) is 12.8 Å². The van der Waals surface area contributed by atoms with Crippen LogP contribution in [0.1, 0.15) is 46.0 Å². The third-order valence-electron chi connectivity index (χ3n) is 3.93. The van der Waals surface area contributed by atoms with Crippen molar-refractivity contribution in [3.8, 4) is 0 Å². The molecular formula is C16H28O5. The van der Waals surface area contributed by atoms with E-state index in [9.17, 15) is 20.1 Å². The molecule has 1 aliphatic carbocycles. The summed E-state index contributed by atoms with van der Waals surface area (Å²) < 4.78 is 5.04. The first kappa shape index (κ1) is 18.1. The highest BCUT2D eigenvalue weighted by atomic mass is 16.5. The van der Waals surface area contributed by atoms with Crippen LogP contribution in [0.4, 0.5) is 0 Å². The van der Waals surface area contributed by atoms with Crippen LogP contribution in [0.15, 0.2) is 12.2 Å². The summed E-state index contributed by atoms with van der Waals surface area (Å²) in [5, 5.41) is 28.8. The van der Waals surface area contributed by atoms with Gasteiger partial charge in [0.05, 0.1) is 18.3 Å². The van der Waals surface area contributed by atoms with E-state index in [4.69, 9.17) is 4.74 Å². The number of allylic oxidation sites excluding steroid dienone is 2. The van der Waals surface area contributed by atoms with Gasteiger partial charge in [0.25, 0.3) is 0 Å². The zero-order chi connectivity index (χ0) is 15.8. The fourth-order valence-electron chi connectivity index (χ4n) is 2.81. The van der Waals surface area contributed by atoms with E-state index < -0.39 is 12.2 Å². The Labute approximate surface area is 126 Å². The summed E-state index contributed by atoms with van der Waals surface area (Å²) in [4.78, 5) is 11.3. The molecule has 3 N–H and O–H groups in total. The number of hydrogen-bond donors (Lipinski definition) is 3. The molecule has 1 saturated carbocycles. The second-order valence-electron chi connectivity index (χ2n) is 6.02. The van der Waals surface area contributed by atoms with Crippen LogP contribution in [-0.2, 0) is 9.53 Å². The van der Waals surface area contributed by atoms with Gasteiger partial charge in [-0.05, 0) is 45.4 Å². The molecule has 1 rings (SSSR count). The SMILES string of the molecule is CC(C)OC(=O)CCC/C=C\C[C@@H]1[C@@H](CO)[C@H](O)C[C@@H]1O. The Morgan fingerprint density at radius 1 is 1.24 bits per heavy atom. The molecule has 0 aromatic rings. The molecule has 122 valence electrons. The van der Waals surface area contributed by atoms with Crippen LogP contribution in [0.25, 0.3) is 0 Å². The van der Waals surface area contributed by atoms with Crippen molar-refractivity contribution in [1.82, 2.24) is 0 Å². The fourth-order valence-corrected chi connectivity index (χ4v) is 2.81. The summed E-state index contributed by atoms with van der Waals surface area (Å²) in [7, 11) is 0. The molecule has 0 spiro atoms. The molecule has 4 atom stereocenters. The lowest BCUT2D eigenvalue weighted by atomic mass is 9.91. The van der Waals surface area contributed by atoms with Gasteiger partial charge in [0.2, 0.25) is 0 Å². The highest BCUT2D eigenvalue weighted by Crippen LogP contribution is 2.34. The Morgan fingerprint density at radius 3 is 2.52 bits per heavy atom. The molecule has 0 aliphatic heterocycles. The fraction of sp³-hybridized carbons (Fsp3) is 0.812. The first-order chi connectivity index (χ1) is 9.95. The second-order valence-corrected chi connectivity index (χ2v) is 6.02. The van der Waals surface area contributed by atoms with E-state index in [0.29, 0.717) is 19.3 Å². The summed E-state index contributed by atoms with van der Waals surface area (Å²) >= 11 is 0. The lowest BCUT2D eigenvalue weighted by Crippen LogP contribution is -2.24. The molecule has 5 heteroatoms. The van der Waals surface area contributed by atoms with Crippen molar-refractivity contribution in [2.75, 3.05) is 6.61 Å². The minimum atomic E-state index is -0.616. The number of carbonyl (C=O) groups is 1. The monoisotopic (exact) mass is 300 g/mol. The average Bonchev–Trinajstić information content (AvgIpc) is 2.66. The van der Waals surface area contributed by atoms with Gasteiger partial charge < -0.3 is 20.1 Å². The maximum atomic E-state index is 11.3. The molecule has 5 nitrogen and oxygen atoms in total. The summed E-state index contributed by atoms with van der Waals surface area (Å²) in [6, 6.07) is 0. The molecule has 21 heavy (non-hydrogen) atoms. The van der Waals surface area contributed by atoms with Crippen molar-refractivity contribution >= 4 is 5.97 Å². The predicted molar refractivity (Wildman–Crippen MR) is 79.5 cm³/mol. The maximum absolute atomic E-state index is 11.3. The van der Waals surface area contributed by atoms with Crippen molar-refractivity contribution in [3.63, 3.8) is 0 Å². The van der Waals surface area contributed by atoms with Crippen LogP contribution >= 0.6 is 0 Å². The summed E-state index contributed by atoms with van der Waals surface area (Å²) in [5.74, 6) is -0.508. The minimum absolute atomic E-state index is 0.0706. The third-order valence-corrected chi connectivity index (χ3v) is 3.93. The van der Waals surface area contributed by atoms with Gasteiger partial charge in [0.15, 0.2) is 0 Å². The average molecular weight is 300 g/mol. The Bertz CT molecular complexity index is 340. The van der Waals surface area contributed by atoms with Gasteiger partial charge >= 0.3 is 5.97 Å². The zero-order valence-electron chi connectivity index (χ0n) is 12.9. The molecule has 1 fully saturated rings. The molecule has 0 amide bonds. The van der Waals surface area contributed by atoms with Crippen LogP contribution in [0.3, 0.4) is 0 Å². The number of aliphatic hydroxyl groups excluding tert-OH is 3. The van der Waals surface area contributed by atoms with E-state index in [1.165, 1.54) is 0 Å². The molecular weight excluding hydrogens is 272 g/mol. The maximum Gasteiger partial charge on any atom is 0.306 e. The van der Waals surface area contributed by atoms with Crippen LogP contribution in [-0.4, -0.2) is 46.2 Å². The van der Waals surface area contributed by atoms with Crippen molar-refractivity contribution in [2.45, 2.75) is 64.3 Å². The van der Waals surface area contributed by atoms with Gasteiger partial charge in [-0.1, -0.05) is 12.2 Å². The lowest BCUT2D eigenvalue weighted by Gasteiger charge is -2.19. The van der Waals surface area contributed by atoms with Crippen LogP contribution < -0.4 is 0 Å². The first-order valence-electron chi connectivity index (χ1n) is 7.77. The smallest absolute Gasteiger partial charge is 0.306 e. The van der Waals surface area contributed by atoms with E-state index >= 15 is 0 Å². The van der Waals surface area contributed by atoms with E-state index in [1.807, 2.05) is 26.0 Å². The predicted octanol–water partition coefficient (Wildman–Crippen LogP) is 1.40.